The van der Waals surface area contributed by atoms with Crippen LogP contribution in [-0.2, 0) is 0 Å². The number of nitrogens with one attached hydrogen (secondary N) is 1. The number of hydrogen-bond donors (Lipinski definition) is 2. The molecule has 4 rings (SSSR count). The molecule has 0 radical (unpaired) electrons. The van der Waals surface area contributed by atoms with Gasteiger partial charge in [-0.15, -0.1) is 11.3 Å². The highest BCUT2D eigenvalue weighted by Gasteiger charge is 2.18. The van der Waals surface area contributed by atoms with Crippen LogP contribution in [-0.4, -0.2) is 34.7 Å². The van der Waals surface area contributed by atoms with E-state index >= 15 is 0 Å². The summed E-state index contributed by atoms with van der Waals surface area (Å²) in [4.78, 5) is 22.8. The van der Waals surface area contributed by atoms with Crippen molar-refractivity contribution in [2.24, 2.45) is 0 Å². The summed E-state index contributed by atoms with van der Waals surface area (Å²) < 4.78 is 5.22. The third-order valence-corrected chi connectivity index (χ3v) is 5.61. The van der Waals surface area contributed by atoms with E-state index in [2.05, 4.69) is 15.3 Å². The fraction of sp³-hybridized carbons (Fsp3) is 0.136. The average Bonchev–Trinajstić information content (AvgIpc) is 3.21. The molecule has 4 aromatic rings. The lowest BCUT2D eigenvalue weighted by molar-refractivity contribution is 0.0920. The number of pyridine rings is 2. The third kappa shape index (κ3) is 4.11. The Morgan fingerprint density at radius 2 is 2.00 bits per heavy atom. The maximum Gasteiger partial charge on any atom is 0.262 e. The van der Waals surface area contributed by atoms with Gasteiger partial charge in [0, 0.05) is 23.3 Å². The smallest absolute Gasteiger partial charge is 0.262 e. The predicted molar refractivity (Wildman–Crippen MR) is 113 cm³/mol. The summed E-state index contributed by atoms with van der Waals surface area (Å²) in [5.41, 5.74) is 2.58. The Balaban J connectivity index is 1.57. The second-order valence-electron chi connectivity index (χ2n) is 6.42. The van der Waals surface area contributed by atoms with Gasteiger partial charge in [0.1, 0.15) is 10.6 Å². The monoisotopic (exact) mass is 405 g/mol. The summed E-state index contributed by atoms with van der Waals surface area (Å²) in [5, 5.41) is 13.6. The number of aromatic nitrogens is 2. The highest BCUT2D eigenvalue weighted by molar-refractivity contribution is 7.20. The summed E-state index contributed by atoms with van der Waals surface area (Å²) in [7, 11) is 1.58. The molecule has 1 atom stereocenters. The summed E-state index contributed by atoms with van der Waals surface area (Å²) in [5.74, 6) is 0.422. The Hall–Kier alpha value is -3.29. The Morgan fingerprint density at radius 3 is 2.76 bits per heavy atom. The first-order valence-corrected chi connectivity index (χ1v) is 9.86. The first kappa shape index (κ1) is 19.0. The SMILES string of the molecule is COc1cccc(C(CO)NC(=O)c2cc3ccc(-c4ccncc4)nc3s2)c1. The molecule has 1 unspecified atom stereocenters. The van der Waals surface area contributed by atoms with Crippen LogP contribution in [0.4, 0.5) is 0 Å². The van der Waals surface area contributed by atoms with E-state index < -0.39 is 6.04 Å². The van der Waals surface area contributed by atoms with Crippen molar-refractivity contribution in [3.8, 4) is 17.0 Å². The molecule has 29 heavy (non-hydrogen) atoms. The van der Waals surface area contributed by atoms with Gasteiger partial charge >= 0.3 is 0 Å². The fourth-order valence-electron chi connectivity index (χ4n) is 3.04. The Morgan fingerprint density at radius 1 is 1.17 bits per heavy atom. The van der Waals surface area contributed by atoms with Crippen molar-refractivity contribution < 1.29 is 14.6 Å². The maximum absolute atomic E-state index is 12.8. The van der Waals surface area contributed by atoms with Gasteiger partial charge in [0.15, 0.2) is 0 Å². The zero-order chi connectivity index (χ0) is 20.2. The molecular weight excluding hydrogens is 386 g/mol. The van der Waals surface area contributed by atoms with Gasteiger partial charge in [0.05, 0.1) is 30.3 Å². The molecule has 146 valence electrons. The quantitative estimate of drug-likeness (QED) is 0.509. The van der Waals surface area contributed by atoms with Crippen LogP contribution in [0.15, 0.2) is 67.0 Å². The van der Waals surface area contributed by atoms with E-state index in [9.17, 15) is 9.90 Å². The molecule has 0 bridgehead atoms. The minimum atomic E-state index is -0.525. The number of ether oxygens (including phenoxy) is 1. The lowest BCUT2D eigenvalue weighted by Gasteiger charge is -2.17. The molecule has 0 aliphatic carbocycles. The van der Waals surface area contributed by atoms with Crippen LogP contribution in [0, 0.1) is 0 Å². The topological polar surface area (TPSA) is 84.3 Å². The van der Waals surface area contributed by atoms with Crippen LogP contribution < -0.4 is 10.1 Å². The highest BCUT2D eigenvalue weighted by Crippen LogP contribution is 2.28. The number of rotatable bonds is 6. The molecule has 0 saturated heterocycles. The maximum atomic E-state index is 12.8. The molecule has 2 N–H and O–H groups in total. The van der Waals surface area contributed by atoms with Crippen molar-refractivity contribution in [3.05, 3.63) is 77.4 Å². The molecule has 0 saturated carbocycles. The van der Waals surface area contributed by atoms with E-state index in [4.69, 9.17) is 4.74 Å². The Kier molecular flexibility index (Phi) is 5.50. The van der Waals surface area contributed by atoms with Gasteiger partial charge in [-0.1, -0.05) is 12.1 Å². The third-order valence-electron chi connectivity index (χ3n) is 4.57. The number of thiophene rings is 1. The number of methoxy groups -OCH3 is 1. The van der Waals surface area contributed by atoms with Gasteiger partial charge in [-0.3, -0.25) is 9.78 Å². The van der Waals surface area contributed by atoms with E-state index in [0.29, 0.717) is 10.6 Å². The number of aliphatic hydroxyl groups is 1. The van der Waals surface area contributed by atoms with Gasteiger partial charge in [0.2, 0.25) is 0 Å². The largest absolute Gasteiger partial charge is 0.497 e. The van der Waals surface area contributed by atoms with Crippen LogP contribution in [0.5, 0.6) is 5.75 Å². The van der Waals surface area contributed by atoms with Crippen LogP contribution in [0.3, 0.4) is 0 Å². The fourth-order valence-corrected chi connectivity index (χ4v) is 3.97. The zero-order valence-electron chi connectivity index (χ0n) is 15.7. The number of nitrogens with zero attached hydrogens (tertiary/aromatic N) is 2. The van der Waals surface area contributed by atoms with Crippen molar-refractivity contribution in [1.29, 1.82) is 0 Å². The number of benzene rings is 1. The summed E-state index contributed by atoms with van der Waals surface area (Å²) in [6.45, 7) is -0.214. The molecule has 1 amide bonds. The number of fused-ring (bicyclic) bond motifs is 1. The lowest BCUT2D eigenvalue weighted by Crippen LogP contribution is -2.30. The van der Waals surface area contributed by atoms with Gasteiger partial charge in [-0.05, 0) is 48.0 Å². The van der Waals surface area contributed by atoms with Crippen molar-refractivity contribution in [3.63, 3.8) is 0 Å². The summed E-state index contributed by atoms with van der Waals surface area (Å²) in [6, 6.07) is 16.3. The Bertz CT molecular complexity index is 1140. The van der Waals surface area contributed by atoms with E-state index in [1.54, 1.807) is 25.6 Å². The molecule has 0 aliphatic heterocycles. The predicted octanol–water partition coefficient (Wildman–Crippen LogP) is 3.83. The highest BCUT2D eigenvalue weighted by atomic mass is 32.1. The van der Waals surface area contributed by atoms with Crippen LogP contribution in [0.1, 0.15) is 21.3 Å². The molecule has 7 heteroatoms. The average molecular weight is 405 g/mol. The van der Waals surface area contributed by atoms with Crippen LogP contribution in [0.2, 0.25) is 0 Å². The van der Waals surface area contributed by atoms with E-state index in [1.807, 2.05) is 48.5 Å². The van der Waals surface area contributed by atoms with E-state index in [0.717, 1.165) is 27.0 Å². The van der Waals surface area contributed by atoms with Gasteiger partial charge in [-0.25, -0.2) is 4.98 Å². The minimum Gasteiger partial charge on any atom is -0.497 e. The number of aliphatic hydroxyl groups excluding tert-OH is 1. The molecule has 6 nitrogen and oxygen atoms in total. The molecule has 0 fully saturated rings. The first-order chi connectivity index (χ1) is 14.2. The van der Waals surface area contributed by atoms with Gasteiger partial charge < -0.3 is 15.2 Å². The second-order valence-corrected chi connectivity index (χ2v) is 7.45. The standard InChI is InChI=1S/C22H19N3O3S/c1-28-17-4-2-3-15(11-17)19(13-26)24-21(27)20-12-16-5-6-18(25-22(16)29-20)14-7-9-23-10-8-14/h2-12,19,26H,13H2,1H3,(H,24,27). The molecule has 0 spiro atoms. The van der Waals surface area contributed by atoms with Crippen molar-refractivity contribution >= 4 is 27.5 Å². The molecule has 3 aromatic heterocycles. The zero-order valence-corrected chi connectivity index (χ0v) is 16.5. The van der Waals surface area contributed by atoms with E-state index in [-0.39, 0.29) is 12.5 Å². The first-order valence-electron chi connectivity index (χ1n) is 9.04. The van der Waals surface area contributed by atoms with Crippen molar-refractivity contribution in [1.82, 2.24) is 15.3 Å². The van der Waals surface area contributed by atoms with E-state index in [1.165, 1.54) is 11.3 Å². The van der Waals surface area contributed by atoms with Crippen LogP contribution in [0.25, 0.3) is 21.5 Å². The lowest BCUT2D eigenvalue weighted by atomic mass is 10.1. The van der Waals surface area contributed by atoms with Gasteiger partial charge in [0.25, 0.3) is 5.91 Å². The Labute approximate surface area is 171 Å². The summed E-state index contributed by atoms with van der Waals surface area (Å²) >= 11 is 1.32. The number of hydrogen-bond acceptors (Lipinski definition) is 6. The normalized spacial score (nSPS) is 11.9. The van der Waals surface area contributed by atoms with Crippen LogP contribution >= 0.6 is 11.3 Å². The van der Waals surface area contributed by atoms with Crippen molar-refractivity contribution in [2.75, 3.05) is 13.7 Å². The number of amides is 1. The molecular formula is C22H19N3O3S. The second kappa shape index (κ2) is 8.38. The molecule has 0 aliphatic rings. The molecule has 3 heterocycles. The molecule has 1 aromatic carbocycles. The summed E-state index contributed by atoms with van der Waals surface area (Å²) in [6.07, 6.45) is 3.45. The number of carbonyl (C=O) groups is 1. The number of carbonyl (C=O) groups excluding carboxylic acids is 1. The minimum absolute atomic E-state index is 0.214. The van der Waals surface area contributed by atoms with Crippen molar-refractivity contribution in [2.45, 2.75) is 6.04 Å². The van der Waals surface area contributed by atoms with Gasteiger partial charge in [-0.2, -0.15) is 0 Å².